The van der Waals surface area contributed by atoms with E-state index in [1.807, 2.05) is 0 Å². The number of para-hydroxylation sites is 1. The summed E-state index contributed by atoms with van der Waals surface area (Å²) in [6, 6.07) is 10.1. The molecule has 0 aliphatic carbocycles. The van der Waals surface area contributed by atoms with Crippen molar-refractivity contribution < 1.29 is 18.6 Å². The first-order valence-corrected chi connectivity index (χ1v) is 8.97. The van der Waals surface area contributed by atoms with E-state index in [2.05, 4.69) is 10.1 Å². The van der Waals surface area contributed by atoms with Gasteiger partial charge in [-0.3, -0.25) is 4.79 Å². The van der Waals surface area contributed by atoms with Crippen LogP contribution in [0.1, 0.15) is 0 Å². The number of ether oxygens (including phenoxy) is 1. The number of H-pyrrole nitrogens is 1. The Hall–Kier alpha value is -3.23. The summed E-state index contributed by atoms with van der Waals surface area (Å²) >= 11 is 6.26. The van der Waals surface area contributed by atoms with Gasteiger partial charge in [-0.2, -0.15) is 5.10 Å². The summed E-state index contributed by atoms with van der Waals surface area (Å²) in [5, 5.41) is 13.4. The number of nitrogens with zero attached hydrogens (tertiary/aromatic N) is 2. The van der Waals surface area contributed by atoms with Crippen molar-refractivity contribution in [1.82, 2.24) is 14.8 Å². The van der Waals surface area contributed by atoms with Gasteiger partial charge in [-0.25, -0.2) is 13.5 Å². The maximum atomic E-state index is 14.4. The van der Waals surface area contributed by atoms with Crippen LogP contribution >= 0.6 is 11.6 Å². The number of aliphatic hydroxyl groups is 1. The molecule has 0 radical (unpaired) electrons. The van der Waals surface area contributed by atoms with Crippen molar-refractivity contribution in [1.29, 1.82) is 0 Å². The molecule has 4 rings (SSSR count). The predicted molar refractivity (Wildman–Crippen MR) is 105 cm³/mol. The molecule has 2 aromatic carbocycles. The van der Waals surface area contributed by atoms with Gasteiger partial charge in [0.05, 0.1) is 17.0 Å². The first kappa shape index (κ1) is 19.1. The first-order chi connectivity index (χ1) is 14.0. The van der Waals surface area contributed by atoms with Crippen LogP contribution in [0.5, 0.6) is 5.75 Å². The van der Waals surface area contributed by atoms with Gasteiger partial charge in [0.25, 0.3) is 5.56 Å². The van der Waals surface area contributed by atoms with E-state index in [0.29, 0.717) is 11.3 Å². The lowest BCUT2D eigenvalue weighted by molar-refractivity contribution is 0.201. The van der Waals surface area contributed by atoms with Gasteiger partial charge >= 0.3 is 0 Å². The molecule has 0 atom stereocenters. The molecular formula is C20H14ClF2N3O3. The fourth-order valence-electron chi connectivity index (χ4n) is 3.08. The van der Waals surface area contributed by atoms with Crippen molar-refractivity contribution in [3.63, 3.8) is 0 Å². The number of fused-ring (bicyclic) bond motifs is 1. The number of hydrogen-bond donors (Lipinski definition) is 2. The normalized spacial score (nSPS) is 11.2. The lowest BCUT2D eigenvalue weighted by Gasteiger charge is -2.07. The van der Waals surface area contributed by atoms with Crippen molar-refractivity contribution in [2.75, 3.05) is 13.2 Å². The number of aromatic amines is 1. The third-order valence-corrected chi connectivity index (χ3v) is 4.57. The van der Waals surface area contributed by atoms with E-state index in [0.717, 1.165) is 16.8 Å². The van der Waals surface area contributed by atoms with Gasteiger partial charge in [-0.05, 0) is 24.3 Å². The average Bonchev–Trinajstić information content (AvgIpc) is 3.11. The van der Waals surface area contributed by atoms with Crippen molar-refractivity contribution in [2.24, 2.45) is 0 Å². The van der Waals surface area contributed by atoms with Gasteiger partial charge in [0, 0.05) is 11.8 Å². The van der Waals surface area contributed by atoms with E-state index < -0.39 is 22.9 Å². The molecule has 9 heteroatoms. The minimum atomic E-state index is -0.850. The van der Waals surface area contributed by atoms with Crippen LogP contribution < -0.4 is 10.3 Å². The minimum Gasteiger partial charge on any atom is -0.491 e. The Balaban J connectivity index is 2.03. The number of rotatable bonds is 5. The molecule has 2 N–H and O–H groups in total. The van der Waals surface area contributed by atoms with Gasteiger partial charge in [-0.1, -0.05) is 29.8 Å². The minimum absolute atomic E-state index is 0.0775. The molecule has 0 aliphatic heterocycles. The molecule has 0 saturated heterocycles. The second kappa shape index (κ2) is 7.65. The van der Waals surface area contributed by atoms with Crippen LogP contribution in [0.15, 0.2) is 53.5 Å². The van der Waals surface area contributed by atoms with Crippen LogP contribution in [-0.2, 0) is 0 Å². The summed E-state index contributed by atoms with van der Waals surface area (Å²) in [7, 11) is 0. The molecular weight excluding hydrogens is 404 g/mol. The fourth-order valence-corrected chi connectivity index (χ4v) is 3.30. The van der Waals surface area contributed by atoms with Crippen LogP contribution in [0.4, 0.5) is 8.78 Å². The SMILES string of the molecule is O=c1[nH]cc(Cl)c2c1c(-c1cccc(OCCO)c1)nn2-c1c(F)cccc1F. The number of benzene rings is 2. The molecule has 148 valence electrons. The third-order valence-electron chi connectivity index (χ3n) is 4.29. The highest BCUT2D eigenvalue weighted by Crippen LogP contribution is 2.33. The molecule has 0 saturated carbocycles. The Morgan fingerprint density at radius 3 is 2.62 bits per heavy atom. The molecule has 2 heterocycles. The van der Waals surface area contributed by atoms with Gasteiger partial charge in [0.2, 0.25) is 0 Å². The summed E-state index contributed by atoms with van der Waals surface area (Å²) in [5.41, 5.74) is -0.210. The van der Waals surface area contributed by atoms with E-state index in [1.165, 1.54) is 12.3 Å². The second-order valence-electron chi connectivity index (χ2n) is 6.12. The molecule has 0 aliphatic rings. The number of halogens is 3. The van der Waals surface area contributed by atoms with E-state index >= 15 is 0 Å². The monoisotopic (exact) mass is 417 g/mol. The summed E-state index contributed by atoms with van der Waals surface area (Å²) in [6.45, 7) is -0.0743. The third kappa shape index (κ3) is 3.37. The molecule has 2 aromatic heterocycles. The molecule has 0 bridgehead atoms. The zero-order valence-electron chi connectivity index (χ0n) is 14.8. The number of nitrogens with one attached hydrogen (secondary N) is 1. The predicted octanol–water partition coefficient (Wildman–Crippen LogP) is 3.68. The highest BCUT2D eigenvalue weighted by atomic mass is 35.5. The van der Waals surface area contributed by atoms with Crippen LogP contribution in [0.3, 0.4) is 0 Å². The van der Waals surface area contributed by atoms with Crippen LogP contribution in [0.25, 0.3) is 27.8 Å². The van der Waals surface area contributed by atoms with Crippen molar-refractivity contribution in [2.45, 2.75) is 0 Å². The summed E-state index contributed by atoms with van der Waals surface area (Å²) in [4.78, 5) is 15.1. The molecule has 0 amide bonds. The fraction of sp³-hybridized carbons (Fsp3) is 0.100. The van der Waals surface area contributed by atoms with E-state index in [9.17, 15) is 13.6 Å². The number of aromatic nitrogens is 3. The standard InChI is InChI=1S/C20H14ClF2N3O3/c21-13-10-24-20(28)16-17(11-3-1-4-12(9-11)29-8-7-27)25-26(18(13)16)19-14(22)5-2-6-15(19)23/h1-6,9-10,27H,7-8H2,(H,24,28). The Morgan fingerprint density at radius 2 is 1.90 bits per heavy atom. The zero-order valence-corrected chi connectivity index (χ0v) is 15.6. The first-order valence-electron chi connectivity index (χ1n) is 8.59. The van der Waals surface area contributed by atoms with E-state index in [4.69, 9.17) is 21.4 Å². The molecule has 0 spiro atoms. The summed E-state index contributed by atoms with van der Waals surface area (Å²) in [5.74, 6) is -1.26. The largest absolute Gasteiger partial charge is 0.491 e. The van der Waals surface area contributed by atoms with E-state index in [-0.39, 0.29) is 34.8 Å². The quantitative estimate of drug-likeness (QED) is 0.519. The molecule has 4 aromatic rings. The second-order valence-corrected chi connectivity index (χ2v) is 6.53. The highest BCUT2D eigenvalue weighted by molar-refractivity contribution is 6.35. The van der Waals surface area contributed by atoms with Gasteiger partial charge in [0.15, 0.2) is 11.6 Å². The van der Waals surface area contributed by atoms with Crippen LogP contribution in [0.2, 0.25) is 5.02 Å². The molecule has 0 fully saturated rings. The van der Waals surface area contributed by atoms with Crippen molar-refractivity contribution >= 4 is 22.5 Å². The maximum Gasteiger partial charge on any atom is 0.259 e. The molecule has 0 unspecified atom stereocenters. The zero-order chi connectivity index (χ0) is 20.5. The lowest BCUT2D eigenvalue weighted by Crippen LogP contribution is -2.07. The molecule has 29 heavy (non-hydrogen) atoms. The smallest absolute Gasteiger partial charge is 0.259 e. The van der Waals surface area contributed by atoms with Gasteiger partial charge < -0.3 is 14.8 Å². The number of hydrogen-bond acceptors (Lipinski definition) is 4. The topological polar surface area (TPSA) is 80.1 Å². The van der Waals surface area contributed by atoms with Crippen molar-refractivity contribution in [3.8, 4) is 22.7 Å². The van der Waals surface area contributed by atoms with E-state index in [1.54, 1.807) is 24.3 Å². The lowest BCUT2D eigenvalue weighted by atomic mass is 10.1. The van der Waals surface area contributed by atoms with Gasteiger partial charge in [-0.15, -0.1) is 0 Å². The molecule has 6 nitrogen and oxygen atoms in total. The Bertz CT molecular complexity index is 1250. The van der Waals surface area contributed by atoms with Crippen LogP contribution in [0, 0.1) is 11.6 Å². The summed E-state index contributed by atoms with van der Waals surface area (Å²) < 4.78 is 35.3. The van der Waals surface area contributed by atoms with Crippen LogP contribution in [-0.4, -0.2) is 33.1 Å². The van der Waals surface area contributed by atoms with Gasteiger partial charge in [0.1, 0.15) is 29.3 Å². The number of pyridine rings is 1. The Kier molecular flexibility index (Phi) is 5.04. The van der Waals surface area contributed by atoms with Crippen molar-refractivity contribution in [3.05, 3.63) is 75.7 Å². The Labute approximate surface area is 167 Å². The Morgan fingerprint density at radius 1 is 1.17 bits per heavy atom. The number of aliphatic hydroxyl groups excluding tert-OH is 1. The average molecular weight is 418 g/mol. The summed E-state index contributed by atoms with van der Waals surface area (Å²) in [6.07, 6.45) is 1.24. The maximum absolute atomic E-state index is 14.4. The highest BCUT2D eigenvalue weighted by Gasteiger charge is 2.23.